The number of likely N-dealkylation sites (N-methyl/N-ethyl adjacent to an activating group) is 1. The van der Waals surface area contributed by atoms with Crippen molar-refractivity contribution >= 4 is 10.9 Å². The topological polar surface area (TPSA) is 42.1 Å². The van der Waals surface area contributed by atoms with Crippen LogP contribution in [0.1, 0.15) is 5.56 Å². The van der Waals surface area contributed by atoms with Gasteiger partial charge in [0.25, 0.3) is 0 Å². The van der Waals surface area contributed by atoms with Crippen LogP contribution in [0.3, 0.4) is 0 Å². The van der Waals surface area contributed by atoms with Gasteiger partial charge in [0.15, 0.2) is 0 Å². The van der Waals surface area contributed by atoms with Crippen molar-refractivity contribution in [1.29, 1.82) is 0 Å². The Hall–Kier alpha value is -1.45. The normalized spacial score (nSPS) is 13.2. The van der Waals surface area contributed by atoms with Gasteiger partial charge in [-0.15, -0.1) is 0 Å². The van der Waals surface area contributed by atoms with E-state index < -0.39 is 0 Å². The van der Waals surface area contributed by atoms with E-state index in [1.165, 1.54) is 10.9 Å². The van der Waals surface area contributed by atoms with Gasteiger partial charge in [-0.1, -0.05) is 18.2 Å². The van der Waals surface area contributed by atoms with Crippen LogP contribution in [-0.4, -0.2) is 36.6 Å². The zero-order valence-corrected chi connectivity index (χ0v) is 10.4. The van der Waals surface area contributed by atoms with Gasteiger partial charge in [-0.3, -0.25) is 4.98 Å². The fraction of sp³-hybridized carbons (Fsp3) is 0.357. The first-order valence-electron chi connectivity index (χ1n) is 5.90. The lowest BCUT2D eigenvalue weighted by molar-refractivity contribution is 0.371. The maximum absolute atomic E-state index is 6.14. The second-order valence-corrected chi connectivity index (χ2v) is 4.71. The average molecular weight is 229 g/mol. The lowest BCUT2D eigenvalue weighted by Gasteiger charge is -2.17. The number of rotatable bonds is 4. The Kier molecular flexibility index (Phi) is 3.71. The van der Waals surface area contributed by atoms with E-state index in [1.54, 1.807) is 0 Å². The molecule has 0 fully saturated rings. The summed E-state index contributed by atoms with van der Waals surface area (Å²) in [6.07, 6.45) is 2.75. The third kappa shape index (κ3) is 3.02. The smallest absolute Gasteiger partial charge is 0.0704 e. The highest BCUT2D eigenvalue weighted by molar-refractivity contribution is 5.81. The molecule has 3 heteroatoms. The van der Waals surface area contributed by atoms with E-state index in [0.29, 0.717) is 0 Å². The summed E-state index contributed by atoms with van der Waals surface area (Å²) in [7, 11) is 4.09. The lowest BCUT2D eigenvalue weighted by atomic mass is 10.0. The van der Waals surface area contributed by atoms with Crippen LogP contribution in [0, 0.1) is 0 Å². The van der Waals surface area contributed by atoms with E-state index in [2.05, 4.69) is 22.0 Å². The molecule has 2 rings (SSSR count). The highest BCUT2D eigenvalue weighted by Gasteiger charge is 2.08. The van der Waals surface area contributed by atoms with Gasteiger partial charge in [-0.05, 0) is 38.2 Å². The highest BCUT2D eigenvalue weighted by atomic mass is 15.1. The summed E-state index contributed by atoms with van der Waals surface area (Å²) in [5, 5.41) is 1.21. The molecule has 3 nitrogen and oxygen atoms in total. The molecule has 90 valence electrons. The van der Waals surface area contributed by atoms with Gasteiger partial charge in [-0.25, -0.2) is 0 Å². The van der Waals surface area contributed by atoms with Crippen molar-refractivity contribution in [2.75, 3.05) is 20.6 Å². The second-order valence-electron chi connectivity index (χ2n) is 4.71. The molecule has 1 atom stereocenters. The summed E-state index contributed by atoms with van der Waals surface area (Å²) < 4.78 is 0. The molecule has 0 amide bonds. The molecule has 0 spiro atoms. The number of fused-ring (bicyclic) bond motifs is 1. The quantitative estimate of drug-likeness (QED) is 0.867. The molecule has 0 radical (unpaired) electrons. The minimum absolute atomic E-state index is 0.163. The number of benzene rings is 1. The Balaban J connectivity index is 2.24. The molecule has 0 aliphatic rings. The Bertz CT molecular complexity index is 488. The van der Waals surface area contributed by atoms with Crippen LogP contribution in [0.5, 0.6) is 0 Å². The van der Waals surface area contributed by atoms with Gasteiger partial charge in [0.05, 0.1) is 5.52 Å². The van der Waals surface area contributed by atoms with Crippen LogP contribution in [-0.2, 0) is 6.42 Å². The minimum Gasteiger partial charge on any atom is -0.326 e. The van der Waals surface area contributed by atoms with Crippen molar-refractivity contribution in [3.8, 4) is 0 Å². The van der Waals surface area contributed by atoms with E-state index >= 15 is 0 Å². The summed E-state index contributed by atoms with van der Waals surface area (Å²) in [4.78, 5) is 6.48. The monoisotopic (exact) mass is 229 g/mol. The van der Waals surface area contributed by atoms with Gasteiger partial charge in [0.2, 0.25) is 0 Å². The van der Waals surface area contributed by atoms with Crippen LogP contribution in [0.15, 0.2) is 36.5 Å². The molecule has 2 N–H and O–H groups in total. The summed E-state index contributed by atoms with van der Waals surface area (Å²) in [6, 6.07) is 10.4. The Morgan fingerprint density at radius 3 is 2.76 bits per heavy atom. The van der Waals surface area contributed by atoms with Crippen LogP contribution >= 0.6 is 0 Å². The van der Waals surface area contributed by atoms with Gasteiger partial charge < -0.3 is 10.6 Å². The van der Waals surface area contributed by atoms with E-state index in [9.17, 15) is 0 Å². The number of aromatic nitrogens is 1. The molecule has 1 unspecified atom stereocenters. The molecule has 1 heterocycles. The standard InChI is InChI=1S/C14H19N3/c1-17(2)10-12(15)9-11-7-8-16-14-6-4-3-5-13(11)14/h3-8,12H,9-10,15H2,1-2H3. The number of nitrogens with zero attached hydrogens (tertiary/aromatic N) is 2. The molecule has 17 heavy (non-hydrogen) atoms. The molecule has 0 aliphatic heterocycles. The zero-order valence-electron chi connectivity index (χ0n) is 10.4. The molecule has 0 bridgehead atoms. The number of hydrogen-bond donors (Lipinski definition) is 1. The van der Waals surface area contributed by atoms with Crippen LogP contribution in [0.2, 0.25) is 0 Å². The Labute approximate surface area is 102 Å². The highest BCUT2D eigenvalue weighted by Crippen LogP contribution is 2.17. The van der Waals surface area contributed by atoms with Crippen molar-refractivity contribution in [2.24, 2.45) is 5.73 Å². The van der Waals surface area contributed by atoms with Crippen molar-refractivity contribution in [3.05, 3.63) is 42.1 Å². The summed E-state index contributed by atoms with van der Waals surface area (Å²) in [5.41, 5.74) is 8.46. The van der Waals surface area contributed by atoms with Gasteiger partial charge >= 0.3 is 0 Å². The van der Waals surface area contributed by atoms with Crippen LogP contribution in [0.4, 0.5) is 0 Å². The Morgan fingerprint density at radius 2 is 2.00 bits per heavy atom. The van der Waals surface area contributed by atoms with Crippen molar-refractivity contribution in [2.45, 2.75) is 12.5 Å². The van der Waals surface area contributed by atoms with Crippen molar-refractivity contribution in [1.82, 2.24) is 9.88 Å². The largest absolute Gasteiger partial charge is 0.326 e. The summed E-state index contributed by atoms with van der Waals surface area (Å²) in [5.74, 6) is 0. The predicted molar refractivity (Wildman–Crippen MR) is 72.0 cm³/mol. The average Bonchev–Trinajstić information content (AvgIpc) is 2.28. The molecule has 1 aromatic carbocycles. The second kappa shape index (κ2) is 5.25. The fourth-order valence-corrected chi connectivity index (χ4v) is 2.15. The third-order valence-corrected chi connectivity index (χ3v) is 2.82. The zero-order chi connectivity index (χ0) is 12.3. The SMILES string of the molecule is CN(C)CC(N)Cc1ccnc2ccccc12. The van der Waals surface area contributed by atoms with E-state index in [-0.39, 0.29) is 6.04 Å². The van der Waals surface area contributed by atoms with Gasteiger partial charge in [-0.2, -0.15) is 0 Å². The number of hydrogen-bond acceptors (Lipinski definition) is 3. The molecule has 2 aromatic rings. The van der Waals surface area contributed by atoms with E-state index in [0.717, 1.165) is 18.5 Å². The minimum atomic E-state index is 0.163. The molecular formula is C14H19N3. The van der Waals surface area contributed by atoms with Crippen LogP contribution in [0.25, 0.3) is 10.9 Å². The maximum atomic E-state index is 6.14. The van der Waals surface area contributed by atoms with Gasteiger partial charge in [0, 0.05) is 24.2 Å². The maximum Gasteiger partial charge on any atom is 0.0704 e. The summed E-state index contributed by atoms with van der Waals surface area (Å²) >= 11 is 0. The third-order valence-electron chi connectivity index (χ3n) is 2.82. The molecule has 0 aliphatic carbocycles. The first kappa shape index (κ1) is 12.0. The molecule has 1 aromatic heterocycles. The van der Waals surface area contributed by atoms with E-state index in [4.69, 9.17) is 5.73 Å². The van der Waals surface area contributed by atoms with Crippen molar-refractivity contribution in [3.63, 3.8) is 0 Å². The fourth-order valence-electron chi connectivity index (χ4n) is 2.15. The predicted octanol–water partition coefficient (Wildman–Crippen LogP) is 1.67. The first-order valence-corrected chi connectivity index (χ1v) is 5.90. The lowest BCUT2D eigenvalue weighted by Crippen LogP contribution is -2.34. The number of pyridine rings is 1. The van der Waals surface area contributed by atoms with Crippen molar-refractivity contribution < 1.29 is 0 Å². The van der Waals surface area contributed by atoms with Gasteiger partial charge in [0.1, 0.15) is 0 Å². The van der Waals surface area contributed by atoms with E-state index in [1.807, 2.05) is 38.5 Å². The Morgan fingerprint density at radius 1 is 1.24 bits per heavy atom. The molecular weight excluding hydrogens is 210 g/mol. The first-order chi connectivity index (χ1) is 8.16. The number of para-hydroxylation sites is 1. The molecule has 0 saturated carbocycles. The number of nitrogens with two attached hydrogens (primary N) is 1. The molecule has 0 saturated heterocycles. The summed E-state index contributed by atoms with van der Waals surface area (Å²) in [6.45, 7) is 0.899. The van der Waals surface area contributed by atoms with Crippen LogP contribution < -0.4 is 5.73 Å².